The summed E-state index contributed by atoms with van der Waals surface area (Å²) in [6, 6.07) is 13.2. The van der Waals surface area contributed by atoms with E-state index in [1.807, 2.05) is 30.3 Å². The van der Waals surface area contributed by atoms with E-state index in [-0.39, 0.29) is 11.4 Å². The van der Waals surface area contributed by atoms with E-state index in [1.165, 1.54) is 0 Å². The molecule has 0 aliphatic carbocycles. The number of benzene rings is 2. The first-order valence-electron chi connectivity index (χ1n) is 7.21. The molecule has 0 saturated carbocycles. The second kappa shape index (κ2) is 8.68. The lowest BCUT2D eigenvalue weighted by Gasteiger charge is -2.15. The van der Waals surface area contributed by atoms with Crippen molar-refractivity contribution in [2.75, 3.05) is 5.32 Å². The second-order valence-corrected chi connectivity index (χ2v) is 5.90. The number of carboxylic acid groups (broad SMARTS) is 1. The predicted molar refractivity (Wildman–Crippen MR) is 94.4 cm³/mol. The third-order valence-electron chi connectivity index (χ3n) is 3.31. The zero-order valence-electron chi connectivity index (χ0n) is 12.6. The Kier molecular flexibility index (Phi) is 6.61. The van der Waals surface area contributed by atoms with Crippen LogP contribution in [0.4, 0.5) is 5.69 Å². The number of anilines is 1. The summed E-state index contributed by atoms with van der Waals surface area (Å²) in [5.74, 6) is -1.56. The molecule has 0 spiro atoms. The zero-order chi connectivity index (χ0) is 17.5. The van der Waals surface area contributed by atoms with Crippen LogP contribution in [0.1, 0.15) is 12.0 Å². The molecular formula is C17H16Cl2N2O3. The van der Waals surface area contributed by atoms with Gasteiger partial charge in [-0.2, -0.15) is 0 Å². The fraction of sp³-hybridized carbons (Fsp3) is 0.176. The lowest BCUT2D eigenvalue weighted by molar-refractivity contribution is -0.141. The van der Waals surface area contributed by atoms with Gasteiger partial charge in [0.25, 0.3) is 0 Å². The average molecular weight is 367 g/mol. The highest BCUT2D eigenvalue weighted by molar-refractivity contribution is 6.43. The first kappa shape index (κ1) is 18.3. The molecule has 2 rings (SSSR count). The van der Waals surface area contributed by atoms with Gasteiger partial charge in [0.2, 0.25) is 5.91 Å². The molecule has 1 amide bonds. The first-order chi connectivity index (χ1) is 11.5. The number of amides is 1. The molecule has 5 nitrogen and oxygen atoms in total. The Bertz CT molecular complexity index is 723. The van der Waals surface area contributed by atoms with E-state index in [9.17, 15) is 14.7 Å². The normalized spacial score (nSPS) is 11.8. The number of carboxylic acids is 1. The minimum absolute atomic E-state index is 0.219. The van der Waals surface area contributed by atoms with E-state index < -0.39 is 17.9 Å². The lowest BCUT2D eigenvalue weighted by atomic mass is 10.1. The molecule has 0 aliphatic heterocycles. The van der Waals surface area contributed by atoms with Crippen LogP contribution in [0, 0.1) is 0 Å². The van der Waals surface area contributed by atoms with Crippen molar-refractivity contribution in [3.63, 3.8) is 0 Å². The molecule has 2 aromatic rings. The van der Waals surface area contributed by atoms with Gasteiger partial charge in [0.1, 0.15) is 6.04 Å². The average Bonchev–Trinajstić information content (AvgIpc) is 2.56. The van der Waals surface area contributed by atoms with Crippen LogP contribution in [0.15, 0.2) is 48.5 Å². The highest BCUT2D eigenvalue weighted by atomic mass is 35.5. The summed E-state index contributed by atoms with van der Waals surface area (Å²) < 4.78 is 0. The van der Waals surface area contributed by atoms with Crippen LogP contribution in [0.25, 0.3) is 0 Å². The van der Waals surface area contributed by atoms with Crippen molar-refractivity contribution in [2.24, 2.45) is 0 Å². The van der Waals surface area contributed by atoms with E-state index in [0.717, 1.165) is 5.56 Å². The minimum Gasteiger partial charge on any atom is -0.480 e. The number of rotatable bonds is 7. The number of nitrogens with one attached hydrogen (secondary N) is 2. The maximum Gasteiger partial charge on any atom is 0.321 e. The summed E-state index contributed by atoms with van der Waals surface area (Å²) in [7, 11) is 0. The Morgan fingerprint density at radius 3 is 2.42 bits per heavy atom. The molecule has 24 heavy (non-hydrogen) atoms. The van der Waals surface area contributed by atoms with Gasteiger partial charge in [-0.1, -0.05) is 59.6 Å². The van der Waals surface area contributed by atoms with Crippen molar-refractivity contribution in [3.05, 3.63) is 64.1 Å². The molecular weight excluding hydrogens is 351 g/mol. The molecule has 126 valence electrons. The van der Waals surface area contributed by atoms with Gasteiger partial charge in [-0.3, -0.25) is 14.9 Å². The molecule has 0 radical (unpaired) electrons. The van der Waals surface area contributed by atoms with Gasteiger partial charge in [-0.25, -0.2) is 0 Å². The largest absolute Gasteiger partial charge is 0.480 e. The molecule has 7 heteroatoms. The number of carbonyl (C=O) groups excluding carboxylic acids is 1. The molecule has 0 heterocycles. The van der Waals surface area contributed by atoms with Crippen LogP contribution in [0.5, 0.6) is 0 Å². The molecule has 0 aliphatic rings. The standard InChI is InChI=1S/C17H16Cl2N2O3/c18-12-7-4-8-13(16(12)19)21-15(22)9-14(17(23)24)20-10-11-5-2-1-3-6-11/h1-8,14,20H,9-10H2,(H,21,22)(H,23,24)/t14-/m1/s1. The fourth-order valence-electron chi connectivity index (χ4n) is 2.07. The van der Waals surface area contributed by atoms with Gasteiger partial charge in [0.05, 0.1) is 22.2 Å². The first-order valence-corrected chi connectivity index (χ1v) is 7.97. The monoisotopic (exact) mass is 366 g/mol. The summed E-state index contributed by atoms with van der Waals surface area (Å²) in [6.07, 6.45) is -0.231. The summed E-state index contributed by atoms with van der Waals surface area (Å²) >= 11 is 11.9. The van der Waals surface area contributed by atoms with Crippen LogP contribution >= 0.6 is 23.2 Å². The maximum absolute atomic E-state index is 12.1. The van der Waals surface area contributed by atoms with Crippen molar-refractivity contribution in [3.8, 4) is 0 Å². The third kappa shape index (κ3) is 5.23. The van der Waals surface area contributed by atoms with E-state index >= 15 is 0 Å². The van der Waals surface area contributed by atoms with E-state index in [4.69, 9.17) is 23.2 Å². The Morgan fingerprint density at radius 2 is 1.75 bits per heavy atom. The topological polar surface area (TPSA) is 78.4 Å². The zero-order valence-corrected chi connectivity index (χ0v) is 14.1. The Labute approximate surface area is 149 Å². The maximum atomic E-state index is 12.1. The number of carbonyl (C=O) groups is 2. The minimum atomic E-state index is -1.10. The molecule has 3 N–H and O–H groups in total. The van der Waals surface area contributed by atoms with Crippen molar-refractivity contribution in [2.45, 2.75) is 19.0 Å². The van der Waals surface area contributed by atoms with E-state index in [1.54, 1.807) is 18.2 Å². The van der Waals surface area contributed by atoms with Crippen LogP contribution in [-0.4, -0.2) is 23.0 Å². The molecule has 0 saturated heterocycles. The van der Waals surface area contributed by atoms with Crippen LogP contribution in [0.2, 0.25) is 10.0 Å². The number of halogens is 2. The molecule has 0 fully saturated rings. The number of aliphatic carboxylic acids is 1. The summed E-state index contributed by atoms with van der Waals surface area (Å²) in [4.78, 5) is 23.4. The second-order valence-electron chi connectivity index (χ2n) is 5.11. The van der Waals surface area contributed by atoms with Crippen molar-refractivity contribution in [1.82, 2.24) is 5.32 Å². The van der Waals surface area contributed by atoms with E-state index in [2.05, 4.69) is 10.6 Å². The quantitative estimate of drug-likeness (QED) is 0.699. The van der Waals surface area contributed by atoms with Gasteiger partial charge in [0.15, 0.2) is 0 Å². The predicted octanol–water partition coefficient (Wildman–Crippen LogP) is 3.57. The van der Waals surface area contributed by atoms with Crippen molar-refractivity contribution in [1.29, 1.82) is 0 Å². The van der Waals surface area contributed by atoms with Gasteiger partial charge in [-0.05, 0) is 17.7 Å². The van der Waals surface area contributed by atoms with Gasteiger partial charge in [0, 0.05) is 6.54 Å². The van der Waals surface area contributed by atoms with Gasteiger partial charge < -0.3 is 10.4 Å². The molecule has 1 atom stereocenters. The van der Waals surface area contributed by atoms with Gasteiger partial charge >= 0.3 is 5.97 Å². The molecule has 0 aromatic heterocycles. The SMILES string of the molecule is O=C(C[C@@H](NCc1ccccc1)C(=O)O)Nc1cccc(Cl)c1Cl. The van der Waals surface area contributed by atoms with Crippen molar-refractivity contribution < 1.29 is 14.7 Å². The summed E-state index contributed by atoms with van der Waals surface area (Å²) in [5.41, 5.74) is 1.28. The smallest absolute Gasteiger partial charge is 0.321 e. The summed E-state index contributed by atoms with van der Waals surface area (Å²) in [5, 5.41) is 15.2. The fourth-order valence-corrected chi connectivity index (χ4v) is 2.42. The Balaban J connectivity index is 1.95. The highest BCUT2D eigenvalue weighted by Crippen LogP contribution is 2.29. The van der Waals surface area contributed by atoms with Crippen LogP contribution < -0.4 is 10.6 Å². The van der Waals surface area contributed by atoms with Crippen LogP contribution in [0.3, 0.4) is 0 Å². The highest BCUT2D eigenvalue weighted by Gasteiger charge is 2.21. The third-order valence-corrected chi connectivity index (χ3v) is 4.13. The lowest BCUT2D eigenvalue weighted by Crippen LogP contribution is -2.39. The molecule has 2 aromatic carbocycles. The molecule has 0 bridgehead atoms. The van der Waals surface area contributed by atoms with Crippen LogP contribution in [-0.2, 0) is 16.1 Å². The Hall–Kier alpha value is -2.08. The number of hydrogen-bond acceptors (Lipinski definition) is 3. The summed E-state index contributed by atoms with van der Waals surface area (Å²) in [6.45, 7) is 0.350. The Morgan fingerprint density at radius 1 is 1.04 bits per heavy atom. The molecule has 0 unspecified atom stereocenters. The number of hydrogen-bond donors (Lipinski definition) is 3. The van der Waals surface area contributed by atoms with Crippen molar-refractivity contribution >= 4 is 40.8 Å². The van der Waals surface area contributed by atoms with Gasteiger partial charge in [-0.15, -0.1) is 0 Å². The van der Waals surface area contributed by atoms with E-state index in [0.29, 0.717) is 17.3 Å².